The van der Waals surface area contributed by atoms with Crippen molar-refractivity contribution in [2.24, 2.45) is 28.7 Å². The van der Waals surface area contributed by atoms with E-state index in [0.717, 1.165) is 0 Å². The second kappa shape index (κ2) is 33.0. The molecule has 0 amide bonds. The Labute approximate surface area is 286 Å². The number of aliphatic carboxylic acids is 10. The van der Waals surface area contributed by atoms with Crippen molar-refractivity contribution in [2.75, 3.05) is 0 Å². The molecule has 0 aliphatic rings. The maximum atomic E-state index is 9.85. The summed E-state index contributed by atoms with van der Waals surface area (Å²) in [5.74, 6) is -12.5. The standard InChI is InChI=1S/5C4H7NO4.2V/c5*5-2(4(8)9)1-3(6)7;;/h5*2H,1,5H2,(H,6,7)(H,8,9);;/t5*2-;;/m11000../s1. The third-order valence-electron chi connectivity index (χ3n) is 3.56. The smallest absolute Gasteiger partial charge is 0.321 e. The van der Waals surface area contributed by atoms with Crippen molar-refractivity contribution in [1.29, 1.82) is 0 Å². The van der Waals surface area contributed by atoms with Gasteiger partial charge in [-0.3, -0.25) is 47.9 Å². The van der Waals surface area contributed by atoms with E-state index < -0.39 is 122 Å². The molecular weight excluding hydrogens is 732 g/mol. The molecule has 0 aliphatic heterocycles. The summed E-state index contributed by atoms with van der Waals surface area (Å²) in [5, 5.41) is 80.2. The first-order valence-corrected chi connectivity index (χ1v) is 11.2. The number of carboxylic acids is 10. The van der Waals surface area contributed by atoms with Crippen molar-refractivity contribution in [1.82, 2.24) is 0 Å². The van der Waals surface area contributed by atoms with Gasteiger partial charge in [0, 0.05) is 37.1 Å². The van der Waals surface area contributed by atoms with Crippen molar-refractivity contribution in [3.8, 4) is 0 Å². The van der Waals surface area contributed by atoms with Gasteiger partial charge in [-0.15, -0.1) is 0 Å². The van der Waals surface area contributed by atoms with Crippen LogP contribution in [0.1, 0.15) is 32.1 Å². The number of carbonyl (C=O) groups is 10. The monoisotopic (exact) mass is 767 g/mol. The second-order valence-electron chi connectivity index (χ2n) is 7.71. The summed E-state index contributed by atoms with van der Waals surface area (Å²) < 4.78 is 0. The Morgan fingerprint density at radius 1 is 0.298 bits per heavy atom. The molecule has 0 fully saturated rings. The zero-order chi connectivity index (χ0) is 37.2. The van der Waals surface area contributed by atoms with Gasteiger partial charge in [-0.2, -0.15) is 0 Å². The number of carboxylic acid groups (broad SMARTS) is 10. The molecule has 0 aromatic heterocycles. The Bertz CT molecular complexity index is 860. The van der Waals surface area contributed by atoms with Gasteiger partial charge in [-0.05, 0) is 0 Å². The fourth-order valence-corrected chi connectivity index (χ4v) is 1.38. The van der Waals surface area contributed by atoms with Crippen molar-refractivity contribution in [3.05, 3.63) is 0 Å². The molecule has 0 aromatic rings. The summed E-state index contributed by atoms with van der Waals surface area (Å²) in [6.07, 6.45) is -2.66. The molecule has 0 unspecified atom stereocenters. The Balaban J connectivity index is -0.0000000842. The molecule has 47 heavy (non-hydrogen) atoms. The summed E-state index contributed by atoms with van der Waals surface area (Å²) in [7, 11) is 0. The normalized spacial score (nSPS) is 12.0. The molecule has 0 aromatic carbocycles. The van der Waals surface area contributed by atoms with Crippen LogP contribution in [0.25, 0.3) is 0 Å². The van der Waals surface area contributed by atoms with E-state index in [9.17, 15) is 47.9 Å². The van der Waals surface area contributed by atoms with Crippen molar-refractivity contribution >= 4 is 59.7 Å². The predicted molar refractivity (Wildman–Crippen MR) is 139 cm³/mol. The zero-order valence-corrected chi connectivity index (χ0v) is 26.6. The van der Waals surface area contributed by atoms with E-state index in [1.54, 1.807) is 0 Å². The van der Waals surface area contributed by atoms with E-state index in [1.807, 2.05) is 0 Å². The second-order valence-corrected chi connectivity index (χ2v) is 7.71. The van der Waals surface area contributed by atoms with Crippen LogP contribution < -0.4 is 28.7 Å². The zero-order valence-electron chi connectivity index (χ0n) is 23.8. The minimum absolute atomic E-state index is 0. The van der Waals surface area contributed by atoms with Gasteiger partial charge >= 0.3 is 59.7 Å². The van der Waals surface area contributed by atoms with Crippen LogP contribution in [-0.4, -0.2) is 141 Å². The van der Waals surface area contributed by atoms with E-state index in [-0.39, 0.29) is 37.1 Å². The van der Waals surface area contributed by atoms with Crippen molar-refractivity contribution < 1.29 is 136 Å². The van der Waals surface area contributed by atoms with Crippen LogP contribution in [0.15, 0.2) is 0 Å². The molecule has 0 aliphatic carbocycles. The molecule has 2 radical (unpaired) electrons. The molecule has 0 spiro atoms. The number of hydrogen-bond acceptors (Lipinski definition) is 15. The van der Waals surface area contributed by atoms with Crippen molar-refractivity contribution in [2.45, 2.75) is 62.3 Å². The molecular formula is C20H35N5O20V2. The largest absolute Gasteiger partial charge is 0.481 e. The van der Waals surface area contributed by atoms with Crippen LogP contribution in [0.5, 0.6) is 0 Å². The Morgan fingerprint density at radius 3 is 0.404 bits per heavy atom. The van der Waals surface area contributed by atoms with Gasteiger partial charge in [0.25, 0.3) is 0 Å². The third kappa shape index (κ3) is 51.5. The summed E-state index contributed by atoms with van der Waals surface area (Å²) in [4.78, 5) is 98.1. The first kappa shape index (κ1) is 58.2. The van der Waals surface area contributed by atoms with E-state index in [4.69, 9.17) is 79.7 Å². The summed E-state index contributed by atoms with van der Waals surface area (Å²) >= 11 is 0. The molecule has 0 saturated heterocycles. The van der Waals surface area contributed by atoms with E-state index in [1.165, 1.54) is 0 Å². The third-order valence-corrected chi connectivity index (χ3v) is 3.56. The number of rotatable bonds is 15. The van der Waals surface area contributed by atoms with Gasteiger partial charge in [0.2, 0.25) is 0 Å². The summed E-state index contributed by atoms with van der Waals surface area (Å²) in [5.41, 5.74) is 24.2. The summed E-state index contributed by atoms with van der Waals surface area (Å²) in [6, 6.07) is -6.45. The van der Waals surface area contributed by atoms with Gasteiger partial charge in [0.1, 0.15) is 30.2 Å². The molecule has 5 atom stereocenters. The molecule has 0 bridgehead atoms. The van der Waals surface area contributed by atoms with Crippen molar-refractivity contribution in [3.63, 3.8) is 0 Å². The average molecular weight is 767 g/mol. The van der Waals surface area contributed by atoms with Crippen LogP contribution in [0.2, 0.25) is 0 Å². The number of nitrogens with two attached hydrogens (primary N) is 5. The molecule has 25 nitrogen and oxygen atoms in total. The fraction of sp³-hybridized carbons (Fsp3) is 0.500. The van der Waals surface area contributed by atoms with E-state index in [0.29, 0.717) is 0 Å². The van der Waals surface area contributed by atoms with E-state index in [2.05, 4.69) is 0 Å². The minimum Gasteiger partial charge on any atom is -0.481 e. The minimum atomic E-state index is -1.29. The van der Waals surface area contributed by atoms with Crippen LogP contribution >= 0.6 is 0 Å². The van der Waals surface area contributed by atoms with Gasteiger partial charge in [-0.1, -0.05) is 0 Å². The topological polar surface area (TPSA) is 503 Å². The average Bonchev–Trinajstić information content (AvgIpc) is 2.83. The Hall–Kier alpha value is -4.33. The fourth-order valence-electron chi connectivity index (χ4n) is 1.38. The van der Waals surface area contributed by atoms with Gasteiger partial charge in [0.05, 0.1) is 32.1 Å². The molecule has 20 N–H and O–H groups in total. The van der Waals surface area contributed by atoms with Crippen LogP contribution in [-0.2, 0) is 85.1 Å². The van der Waals surface area contributed by atoms with Gasteiger partial charge < -0.3 is 79.7 Å². The molecule has 270 valence electrons. The Kier molecular flexibility index (Phi) is 40.9. The molecule has 0 rings (SSSR count). The van der Waals surface area contributed by atoms with Crippen LogP contribution in [0.4, 0.5) is 0 Å². The SMILES string of the molecule is N[C@@H](CC(=O)O)C(=O)O.N[C@@H](CC(=O)O)C(=O)O.N[C@@H](CC(=O)O)C(=O)O.N[C@H](CC(=O)O)C(=O)O.N[C@H](CC(=O)O)C(=O)O.[V].[V]. The molecule has 0 heterocycles. The maximum Gasteiger partial charge on any atom is 0.321 e. The number of hydrogen-bond donors (Lipinski definition) is 15. The Morgan fingerprint density at radius 2 is 0.383 bits per heavy atom. The van der Waals surface area contributed by atoms with Gasteiger partial charge in [0.15, 0.2) is 0 Å². The molecule has 0 saturated carbocycles. The van der Waals surface area contributed by atoms with Crippen LogP contribution in [0.3, 0.4) is 0 Å². The predicted octanol–water partition coefficient (Wildman–Crippen LogP) is -5.64. The quantitative estimate of drug-likeness (QED) is 0.0738. The van der Waals surface area contributed by atoms with E-state index >= 15 is 0 Å². The first-order valence-electron chi connectivity index (χ1n) is 11.2. The maximum absolute atomic E-state index is 9.85. The first-order chi connectivity index (χ1) is 20.2. The summed E-state index contributed by atoms with van der Waals surface area (Å²) in [6.45, 7) is 0. The molecule has 27 heteroatoms. The van der Waals surface area contributed by atoms with Crippen LogP contribution in [0, 0.1) is 0 Å². The van der Waals surface area contributed by atoms with Gasteiger partial charge in [-0.25, -0.2) is 0 Å².